The molecule has 0 aromatic heterocycles. The molecule has 2 fully saturated rings. The van der Waals surface area contributed by atoms with Crippen molar-refractivity contribution in [3.8, 4) is 0 Å². The van der Waals surface area contributed by atoms with Crippen LogP contribution in [0.2, 0.25) is 0 Å². The van der Waals surface area contributed by atoms with Gasteiger partial charge in [0.1, 0.15) is 0 Å². The number of likely N-dealkylation sites (tertiary alicyclic amines) is 1. The molecule has 0 bridgehead atoms. The maximum absolute atomic E-state index is 3.52. The van der Waals surface area contributed by atoms with Crippen LogP contribution in [0.1, 0.15) is 40.0 Å². The van der Waals surface area contributed by atoms with E-state index < -0.39 is 0 Å². The van der Waals surface area contributed by atoms with Crippen molar-refractivity contribution in [2.45, 2.75) is 46.1 Å². The summed E-state index contributed by atoms with van der Waals surface area (Å²) in [6.07, 6.45) is 4.31. The molecule has 2 rings (SSSR count). The van der Waals surface area contributed by atoms with Crippen LogP contribution < -0.4 is 5.32 Å². The fraction of sp³-hybridized carbons (Fsp3) is 1.00. The third-order valence-electron chi connectivity index (χ3n) is 4.40. The first kappa shape index (κ1) is 12.4. The second-order valence-electron chi connectivity index (χ2n) is 6.11. The van der Waals surface area contributed by atoms with Gasteiger partial charge in [-0.2, -0.15) is 0 Å². The van der Waals surface area contributed by atoms with E-state index >= 15 is 0 Å². The molecule has 1 heterocycles. The standard InChI is InChI=1S/C14H28N2/c1-4-15-8-13-5-6-14(13)16-9-11(2)7-12(3)10-16/h11-15H,4-10H2,1-3H3. The molecule has 1 aliphatic carbocycles. The van der Waals surface area contributed by atoms with E-state index in [2.05, 4.69) is 31.0 Å². The highest BCUT2D eigenvalue weighted by atomic mass is 15.2. The third kappa shape index (κ3) is 2.78. The van der Waals surface area contributed by atoms with E-state index in [-0.39, 0.29) is 0 Å². The molecule has 0 amide bonds. The molecule has 2 heteroatoms. The quantitative estimate of drug-likeness (QED) is 0.788. The minimum Gasteiger partial charge on any atom is -0.317 e. The zero-order valence-corrected chi connectivity index (χ0v) is 11.2. The minimum absolute atomic E-state index is 0.893. The van der Waals surface area contributed by atoms with Crippen molar-refractivity contribution in [1.29, 1.82) is 0 Å². The van der Waals surface area contributed by atoms with Gasteiger partial charge in [0.25, 0.3) is 0 Å². The molecule has 1 N–H and O–H groups in total. The maximum Gasteiger partial charge on any atom is 0.0136 e. The Morgan fingerprint density at radius 2 is 1.81 bits per heavy atom. The molecule has 94 valence electrons. The van der Waals surface area contributed by atoms with Crippen LogP contribution in [0.15, 0.2) is 0 Å². The minimum atomic E-state index is 0.893. The van der Waals surface area contributed by atoms with Gasteiger partial charge < -0.3 is 5.32 Å². The Labute approximate surface area is 101 Å². The van der Waals surface area contributed by atoms with Crippen LogP contribution in [0.25, 0.3) is 0 Å². The van der Waals surface area contributed by atoms with E-state index in [0.717, 1.165) is 30.3 Å². The first-order valence-electron chi connectivity index (χ1n) is 7.15. The molecule has 0 spiro atoms. The van der Waals surface area contributed by atoms with Crippen molar-refractivity contribution >= 4 is 0 Å². The Balaban J connectivity index is 1.82. The van der Waals surface area contributed by atoms with Gasteiger partial charge in [-0.25, -0.2) is 0 Å². The Bertz CT molecular complexity index is 207. The van der Waals surface area contributed by atoms with Gasteiger partial charge in [0.15, 0.2) is 0 Å². The molecule has 4 atom stereocenters. The van der Waals surface area contributed by atoms with Gasteiger partial charge in [-0.1, -0.05) is 20.8 Å². The van der Waals surface area contributed by atoms with Crippen LogP contribution in [0.3, 0.4) is 0 Å². The Morgan fingerprint density at radius 3 is 2.31 bits per heavy atom. The Hall–Kier alpha value is -0.0800. The summed E-state index contributed by atoms with van der Waals surface area (Å²) in [7, 11) is 0. The molecular formula is C14H28N2. The fourth-order valence-corrected chi connectivity index (χ4v) is 3.58. The van der Waals surface area contributed by atoms with Crippen molar-refractivity contribution in [2.24, 2.45) is 17.8 Å². The third-order valence-corrected chi connectivity index (χ3v) is 4.40. The zero-order valence-electron chi connectivity index (χ0n) is 11.2. The average Bonchev–Trinajstić information content (AvgIpc) is 2.14. The molecule has 1 saturated carbocycles. The van der Waals surface area contributed by atoms with Gasteiger partial charge in [0, 0.05) is 19.1 Å². The van der Waals surface area contributed by atoms with Crippen molar-refractivity contribution in [2.75, 3.05) is 26.2 Å². The number of nitrogens with zero attached hydrogens (tertiary/aromatic N) is 1. The van der Waals surface area contributed by atoms with E-state index in [1.807, 2.05) is 0 Å². The van der Waals surface area contributed by atoms with E-state index in [9.17, 15) is 0 Å². The largest absolute Gasteiger partial charge is 0.317 e. The summed E-state index contributed by atoms with van der Waals surface area (Å²) in [6.45, 7) is 12.1. The number of hydrogen-bond donors (Lipinski definition) is 1. The molecule has 4 unspecified atom stereocenters. The van der Waals surface area contributed by atoms with E-state index in [1.54, 1.807) is 0 Å². The first-order valence-corrected chi connectivity index (χ1v) is 7.15. The highest BCUT2D eigenvalue weighted by molar-refractivity contribution is 4.92. The second kappa shape index (κ2) is 5.50. The topological polar surface area (TPSA) is 15.3 Å². The molecule has 16 heavy (non-hydrogen) atoms. The van der Waals surface area contributed by atoms with Crippen LogP contribution in [-0.4, -0.2) is 37.1 Å². The van der Waals surface area contributed by atoms with Crippen molar-refractivity contribution < 1.29 is 0 Å². The van der Waals surface area contributed by atoms with Crippen LogP contribution in [-0.2, 0) is 0 Å². The van der Waals surface area contributed by atoms with Gasteiger partial charge in [0.05, 0.1) is 0 Å². The monoisotopic (exact) mass is 224 g/mol. The number of hydrogen-bond acceptors (Lipinski definition) is 2. The maximum atomic E-state index is 3.52. The Morgan fingerprint density at radius 1 is 1.12 bits per heavy atom. The predicted octanol–water partition coefficient (Wildman–Crippen LogP) is 2.35. The summed E-state index contributed by atoms with van der Waals surface area (Å²) >= 11 is 0. The van der Waals surface area contributed by atoms with E-state index in [4.69, 9.17) is 0 Å². The molecule has 2 aliphatic rings. The summed E-state index contributed by atoms with van der Waals surface area (Å²) in [5.41, 5.74) is 0. The molecule has 0 aromatic rings. The lowest BCUT2D eigenvalue weighted by Crippen LogP contribution is -2.54. The molecule has 0 aromatic carbocycles. The first-order chi connectivity index (χ1) is 7.70. The van der Waals surface area contributed by atoms with Crippen molar-refractivity contribution in [3.63, 3.8) is 0 Å². The Kier molecular flexibility index (Phi) is 4.26. The van der Waals surface area contributed by atoms with Crippen LogP contribution in [0.4, 0.5) is 0 Å². The van der Waals surface area contributed by atoms with Gasteiger partial charge in [-0.05, 0) is 50.1 Å². The van der Waals surface area contributed by atoms with Gasteiger partial charge >= 0.3 is 0 Å². The molecule has 0 radical (unpaired) electrons. The molecule has 1 aliphatic heterocycles. The summed E-state index contributed by atoms with van der Waals surface area (Å²) in [5, 5.41) is 3.52. The highest BCUT2D eigenvalue weighted by Gasteiger charge is 2.37. The summed E-state index contributed by atoms with van der Waals surface area (Å²) in [5.74, 6) is 2.74. The SMILES string of the molecule is CCNCC1CCC1N1CC(C)CC(C)C1. The second-order valence-corrected chi connectivity index (χ2v) is 6.11. The number of nitrogens with one attached hydrogen (secondary N) is 1. The lowest BCUT2D eigenvalue weighted by atomic mass is 9.76. The number of rotatable bonds is 4. The van der Waals surface area contributed by atoms with E-state index in [1.165, 1.54) is 38.9 Å². The number of piperidine rings is 1. The predicted molar refractivity (Wildman–Crippen MR) is 69.6 cm³/mol. The highest BCUT2D eigenvalue weighted by Crippen LogP contribution is 2.35. The smallest absolute Gasteiger partial charge is 0.0136 e. The average molecular weight is 224 g/mol. The summed E-state index contributed by atoms with van der Waals surface area (Å²) < 4.78 is 0. The molecule has 1 saturated heterocycles. The fourth-order valence-electron chi connectivity index (χ4n) is 3.58. The van der Waals surface area contributed by atoms with Gasteiger partial charge in [-0.3, -0.25) is 4.90 Å². The molecular weight excluding hydrogens is 196 g/mol. The van der Waals surface area contributed by atoms with Crippen LogP contribution >= 0.6 is 0 Å². The molecule has 2 nitrogen and oxygen atoms in total. The van der Waals surface area contributed by atoms with Crippen molar-refractivity contribution in [3.05, 3.63) is 0 Å². The zero-order chi connectivity index (χ0) is 11.5. The normalized spacial score (nSPS) is 40.7. The van der Waals surface area contributed by atoms with Crippen LogP contribution in [0, 0.1) is 17.8 Å². The van der Waals surface area contributed by atoms with Gasteiger partial charge in [0.2, 0.25) is 0 Å². The van der Waals surface area contributed by atoms with E-state index in [0.29, 0.717) is 0 Å². The van der Waals surface area contributed by atoms with Crippen molar-refractivity contribution in [1.82, 2.24) is 10.2 Å². The lowest BCUT2D eigenvalue weighted by Gasteiger charge is -2.48. The van der Waals surface area contributed by atoms with Crippen LogP contribution in [0.5, 0.6) is 0 Å². The lowest BCUT2D eigenvalue weighted by molar-refractivity contribution is 0.0144. The summed E-state index contributed by atoms with van der Waals surface area (Å²) in [6, 6.07) is 0.893. The summed E-state index contributed by atoms with van der Waals surface area (Å²) in [4.78, 5) is 2.78. The van der Waals surface area contributed by atoms with Gasteiger partial charge in [-0.15, -0.1) is 0 Å².